The normalized spacial score (nSPS) is 15.1. The molecule has 0 saturated carbocycles. The average molecular weight is 449 g/mol. The van der Waals surface area contributed by atoms with Crippen LogP contribution in [0.1, 0.15) is 28.3 Å². The first-order chi connectivity index (χ1) is 16.8. The molecule has 0 radical (unpaired) electrons. The first-order valence-electron chi connectivity index (χ1n) is 11.6. The molecular weight excluding hydrogens is 420 g/mol. The molecular formula is C30H28N2O2. The molecule has 34 heavy (non-hydrogen) atoms. The lowest BCUT2D eigenvalue weighted by Gasteiger charge is -2.26. The van der Waals surface area contributed by atoms with Gasteiger partial charge in [-0.25, -0.2) is 0 Å². The average Bonchev–Trinajstić information content (AvgIpc) is 2.91. The number of hydrogen-bond acceptors (Lipinski definition) is 4. The summed E-state index contributed by atoms with van der Waals surface area (Å²) in [5.74, 6) is 1.55. The maximum atomic E-state index is 6.12. The Hall–Kier alpha value is -3.89. The van der Waals surface area contributed by atoms with E-state index in [1.807, 2.05) is 42.6 Å². The molecule has 1 unspecified atom stereocenters. The fourth-order valence-electron chi connectivity index (χ4n) is 4.28. The fraction of sp³-hybridized carbons (Fsp3) is 0.167. The summed E-state index contributed by atoms with van der Waals surface area (Å²) in [4.78, 5) is 4.43. The molecule has 1 aliphatic heterocycles. The molecule has 0 fully saturated rings. The second-order valence-corrected chi connectivity index (χ2v) is 8.35. The van der Waals surface area contributed by atoms with Gasteiger partial charge in [0.05, 0.1) is 18.8 Å². The largest absolute Gasteiger partial charge is 0.493 e. The molecule has 0 aliphatic carbocycles. The van der Waals surface area contributed by atoms with Gasteiger partial charge in [0.2, 0.25) is 0 Å². The summed E-state index contributed by atoms with van der Waals surface area (Å²) in [5.41, 5.74) is 6.92. The zero-order chi connectivity index (χ0) is 23.2. The van der Waals surface area contributed by atoms with Crippen LogP contribution in [0.15, 0.2) is 97.2 Å². The Morgan fingerprint density at radius 2 is 1.76 bits per heavy atom. The molecule has 3 aromatic carbocycles. The van der Waals surface area contributed by atoms with Gasteiger partial charge >= 0.3 is 0 Å². The van der Waals surface area contributed by atoms with Crippen molar-refractivity contribution in [2.24, 2.45) is 0 Å². The first-order valence-corrected chi connectivity index (χ1v) is 11.6. The zero-order valence-corrected chi connectivity index (χ0v) is 19.3. The van der Waals surface area contributed by atoms with Crippen molar-refractivity contribution >= 4 is 6.08 Å². The molecule has 1 aromatic heterocycles. The number of fused-ring (bicyclic) bond motifs is 1. The van der Waals surface area contributed by atoms with Gasteiger partial charge < -0.3 is 14.8 Å². The molecule has 0 spiro atoms. The molecule has 1 N–H and O–H groups in total. The third-order valence-corrected chi connectivity index (χ3v) is 6.11. The molecule has 4 heteroatoms. The number of hydrogen-bond donors (Lipinski definition) is 1. The van der Waals surface area contributed by atoms with Gasteiger partial charge in [-0.05, 0) is 52.9 Å². The number of nitrogens with zero attached hydrogens (tertiary/aromatic N) is 1. The Morgan fingerprint density at radius 1 is 0.941 bits per heavy atom. The highest BCUT2D eigenvalue weighted by Crippen LogP contribution is 2.36. The number of rotatable bonds is 7. The fourth-order valence-corrected chi connectivity index (χ4v) is 4.28. The first kappa shape index (κ1) is 21.9. The van der Waals surface area contributed by atoms with Gasteiger partial charge in [-0.1, -0.05) is 72.8 Å². The summed E-state index contributed by atoms with van der Waals surface area (Å²) in [5, 5.41) is 3.62. The van der Waals surface area contributed by atoms with Crippen molar-refractivity contribution in [2.75, 3.05) is 13.7 Å². The highest BCUT2D eigenvalue weighted by Gasteiger charge is 2.21. The van der Waals surface area contributed by atoms with Crippen molar-refractivity contribution in [3.63, 3.8) is 0 Å². The number of ether oxygens (including phenoxy) is 2. The molecule has 0 amide bonds. The minimum absolute atomic E-state index is 0.122. The number of aromatic nitrogens is 1. The van der Waals surface area contributed by atoms with Gasteiger partial charge in [0.1, 0.15) is 6.61 Å². The molecule has 2 heterocycles. The van der Waals surface area contributed by atoms with E-state index in [4.69, 9.17) is 9.47 Å². The molecule has 4 aromatic rings. The van der Waals surface area contributed by atoms with Crippen molar-refractivity contribution in [2.45, 2.75) is 19.1 Å². The third kappa shape index (κ3) is 5.03. The second kappa shape index (κ2) is 10.4. The molecule has 1 atom stereocenters. The minimum Gasteiger partial charge on any atom is -0.493 e. The van der Waals surface area contributed by atoms with Crippen LogP contribution in [0.2, 0.25) is 0 Å². The predicted molar refractivity (Wildman–Crippen MR) is 137 cm³/mol. The molecule has 4 nitrogen and oxygen atoms in total. The van der Waals surface area contributed by atoms with Gasteiger partial charge in [0, 0.05) is 18.3 Å². The van der Waals surface area contributed by atoms with E-state index in [-0.39, 0.29) is 6.04 Å². The summed E-state index contributed by atoms with van der Waals surface area (Å²) in [6.07, 6.45) is 7.17. The standard InChI is InChI=1S/C30H28N2O2/c1-33-29-20-26-25(19-30(29)34-21-23-7-3-2-4-8-23)16-18-32-28(26)15-12-22-10-13-24(14-11-22)27-9-5-6-17-31-27/h2-15,17,19-20,28,32H,16,18,21H2,1H3/b15-12+. The Bertz CT molecular complexity index is 1250. The van der Waals surface area contributed by atoms with Crippen LogP contribution in [0.25, 0.3) is 17.3 Å². The van der Waals surface area contributed by atoms with Crippen LogP contribution >= 0.6 is 0 Å². The lowest BCUT2D eigenvalue weighted by molar-refractivity contribution is 0.283. The number of methoxy groups -OCH3 is 1. The maximum Gasteiger partial charge on any atom is 0.161 e. The molecule has 170 valence electrons. The highest BCUT2D eigenvalue weighted by atomic mass is 16.5. The summed E-state index contributed by atoms with van der Waals surface area (Å²) in [6.45, 7) is 1.44. The third-order valence-electron chi connectivity index (χ3n) is 6.11. The van der Waals surface area contributed by atoms with Crippen LogP contribution in [-0.4, -0.2) is 18.6 Å². The van der Waals surface area contributed by atoms with Gasteiger partial charge in [-0.2, -0.15) is 0 Å². The van der Waals surface area contributed by atoms with E-state index in [0.717, 1.165) is 46.8 Å². The lowest BCUT2D eigenvalue weighted by atomic mass is 9.93. The van der Waals surface area contributed by atoms with E-state index in [1.165, 1.54) is 11.1 Å². The number of nitrogens with one attached hydrogen (secondary N) is 1. The summed E-state index contributed by atoms with van der Waals surface area (Å²) < 4.78 is 11.8. The number of benzene rings is 3. The van der Waals surface area contributed by atoms with Crippen LogP contribution in [0, 0.1) is 0 Å². The maximum absolute atomic E-state index is 6.12. The van der Waals surface area contributed by atoms with Crippen LogP contribution in [0.4, 0.5) is 0 Å². The van der Waals surface area contributed by atoms with Gasteiger partial charge in [0.25, 0.3) is 0 Å². The van der Waals surface area contributed by atoms with Crippen LogP contribution in [0.5, 0.6) is 11.5 Å². The Balaban J connectivity index is 1.33. The molecule has 0 saturated heterocycles. The minimum atomic E-state index is 0.122. The van der Waals surface area contributed by atoms with E-state index in [1.54, 1.807) is 7.11 Å². The highest BCUT2D eigenvalue weighted by molar-refractivity contribution is 5.62. The van der Waals surface area contributed by atoms with E-state index in [0.29, 0.717) is 6.61 Å². The van der Waals surface area contributed by atoms with Gasteiger partial charge in [-0.3, -0.25) is 4.98 Å². The van der Waals surface area contributed by atoms with Crippen molar-refractivity contribution < 1.29 is 9.47 Å². The Morgan fingerprint density at radius 3 is 2.53 bits per heavy atom. The summed E-state index contributed by atoms with van der Waals surface area (Å²) in [7, 11) is 1.70. The number of pyridine rings is 1. The van der Waals surface area contributed by atoms with E-state index in [2.05, 4.69) is 71.0 Å². The lowest BCUT2D eigenvalue weighted by Crippen LogP contribution is -2.28. The monoisotopic (exact) mass is 448 g/mol. The van der Waals surface area contributed by atoms with Gasteiger partial charge in [0.15, 0.2) is 11.5 Å². The van der Waals surface area contributed by atoms with E-state index in [9.17, 15) is 0 Å². The zero-order valence-electron chi connectivity index (χ0n) is 19.3. The van der Waals surface area contributed by atoms with Crippen LogP contribution < -0.4 is 14.8 Å². The molecule has 1 aliphatic rings. The van der Waals surface area contributed by atoms with E-state index >= 15 is 0 Å². The van der Waals surface area contributed by atoms with Crippen LogP contribution in [0.3, 0.4) is 0 Å². The van der Waals surface area contributed by atoms with Crippen molar-refractivity contribution in [1.82, 2.24) is 10.3 Å². The topological polar surface area (TPSA) is 43.4 Å². The SMILES string of the molecule is COc1cc2c(cc1OCc1ccccc1)CCNC2/C=C/c1ccc(-c2ccccn2)cc1. The molecule has 5 rings (SSSR count). The summed E-state index contributed by atoms with van der Waals surface area (Å²) in [6, 6.07) is 29.0. The summed E-state index contributed by atoms with van der Waals surface area (Å²) >= 11 is 0. The van der Waals surface area contributed by atoms with Crippen molar-refractivity contribution in [3.8, 4) is 22.8 Å². The van der Waals surface area contributed by atoms with E-state index < -0.39 is 0 Å². The second-order valence-electron chi connectivity index (χ2n) is 8.35. The Kier molecular flexibility index (Phi) is 6.68. The van der Waals surface area contributed by atoms with Crippen molar-refractivity contribution in [1.29, 1.82) is 0 Å². The van der Waals surface area contributed by atoms with Crippen LogP contribution in [-0.2, 0) is 13.0 Å². The Labute approximate surface area is 200 Å². The smallest absolute Gasteiger partial charge is 0.161 e. The molecule has 0 bridgehead atoms. The van der Waals surface area contributed by atoms with Gasteiger partial charge in [-0.15, -0.1) is 0 Å². The predicted octanol–water partition coefficient (Wildman–Crippen LogP) is 6.24. The quantitative estimate of drug-likeness (QED) is 0.364. The van der Waals surface area contributed by atoms with Crippen molar-refractivity contribution in [3.05, 3.63) is 119 Å².